The highest BCUT2D eigenvalue weighted by Crippen LogP contribution is 2.26. The van der Waals surface area contributed by atoms with Crippen LogP contribution in [0.3, 0.4) is 0 Å². The van der Waals surface area contributed by atoms with Gasteiger partial charge in [0.2, 0.25) is 5.91 Å². The van der Waals surface area contributed by atoms with Gasteiger partial charge in [-0.1, -0.05) is 0 Å². The smallest absolute Gasteiger partial charge is 0.258 e. The molecule has 0 unspecified atom stereocenters. The largest absolute Gasteiger partial charge is 0.341 e. The molecule has 1 amide bonds. The van der Waals surface area contributed by atoms with E-state index >= 15 is 0 Å². The summed E-state index contributed by atoms with van der Waals surface area (Å²) in [6.07, 6.45) is 1.73. The highest BCUT2D eigenvalue weighted by Gasteiger charge is 2.37. The van der Waals surface area contributed by atoms with Crippen LogP contribution in [0.4, 0.5) is 0 Å². The van der Waals surface area contributed by atoms with Crippen molar-refractivity contribution in [1.82, 2.24) is 19.6 Å². The van der Waals surface area contributed by atoms with Crippen molar-refractivity contribution in [2.45, 2.75) is 5.75 Å². The van der Waals surface area contributed by atoms with Crippen molar-refractivity contribution in [3.05, 3.63) is 33.7 Å². The second-order valence-corrected chi connectivity index (χ2v) is 7.97. The Morgan fingerprint density at radius 1 is 1.38 bits per heavy atom. The van der Waals surface area contributed by atoms with Crippen LogP contribution >= 0.6 is 35.5 Å². The van der Waals surface area contributed by atoms with Crippen LogP contribution in [0.25, 0.3) is 4.96 Å². The van der Waals surface area contributed by atoms with Crippen molar-refractivity contribution in [2.24, 2.45) is 11.8 Å². The van der Waals surface area contributed by atoms with Gasteiger partial charge in [-0.15, -0.1) is 35.5 Å². The van der Waals surface area contributed by atoms with E-state index in [1.54, 1.807) is 16.7 Å². The summed E-state index contributed by atoms with van der Waals surface area (Å²) in [7, 11) is 0. The predicted molar refractivity (Wildman–Crippen MR) is 99.2 cm³/mol. The van der Waals surface area contributed by atoms with Gasteiger partial charge < -0.3 is 10.2 Å². The van der Waals surface area contributed by atoms with Crippen molar-refractivity contribution >= 4 is 46.4 Å². The second-order valence-electron chi connectivity index (χ2n) is 6.11. The summed E-state index contributed by atoms with van der Waals surface area (Å²) < 4.78 is 1.54. The van der Waals surface area contributed by atoms with Crippen molar-refractivity contribution < 1.29 is 4.79 Å². The Morgan fingerprint density at radius 2 is 2.12 bits per heavy atom. The highest BCUT2D eigenvalue weighted by atomic mass is 35.5. The Bertz CT molecular complexity index is 781. The quantitative estimate of drug-likeness (QED) is 0.852. The minimum Gasteiger partial charge on any atom is -0.341 e. The first kappa shape index (κ1) is 17.7. The number of nitrogens with one attached hydrogen (secondary N) is 1. The Kier molecular flexibility index (Phi) is 5.49. The van der Waals surface area contributed by atoms with E-state index in [0.29, 0.717) is 28.3 Å². The standard InChI is InChI=1S/C15H18N4O2S2.ClH/c20-13-3-12(17-15-19(13)1-2-23-15)8-22-9-14(21)18-6-10-4-16-5-11(10)7-18;/h1-3,10-11,16H,4-9H2;1H/t10-,11+;. The normalized spacial score (nSPS) is 22.6. The number of amides is 1. The summed E-state index contributed by atoms with van der Waals surface area (Å²) in [5, 5.41) is 5.23. The number of carbonyl (C=O) groups excluding carboxylic acids is 1. The molecule has 2 fully saturated rings. The number of rotatable bonds is 4. The van der Waals surface area contributed by atoms with Crippen LogP contribution < -0.4 is 10.9 Å². The van der Waals surface area contributed by atoms with E-state index in [0.717, 1.165) is 31.9 Å². The number of likely N-dealkylation sites (tertiary alicyclic amines) is 1. The molecule has 0 radical (unpaired) electrons. The van der Waals surface area contributed by atoms with Gasteiger partial charge in [0.05, 0.1) is 11.4 Å². The summed E-state index contributed by atoms with van der Waals surface area (Å²) in [4.78, 5) is 31.4. The minimum absolute atomic E-state index is 0. The minimum atomic E-state index is -0.0574. The van der Waals surface area contributed by atoms with Gasteiger partial charge in [0.1, 0.15) is 0 Å². The maximum atomic E-state index is 12.3. The van der Waals surface area contributed by atoms with Gasteiger partial charge in [0.15, 0.2) is 4.96 Å². The topological polar surface area (TPSA) is 66.7 Å². The van der Waals surface area contributed by atoms with Gasteiger partial charge in [0, 0.05) is 49.6 Å². The molecular weight excluding hydrogens is 368 g/mol. The monoisotopic (exact) mass is 386 g/mol. The summed E-state index contributed by atoms with van der Waals surface area (Å²) in [6, 6.07) is 1.56. The number of aromatic nitrogens is 2. The number of nitrogens with zero attached hydrogens (tertiary/aromatic N) is 3. The maximum absolute atomic E-state index is 12.3. The highest BCUT2D eigenvalue weighted by molar-refractivity contribution is 7.99. The molecule has 2 aliphatic heterocycles. The molecule has 0 spiro atoms. The molecule has 0 bridgehead atoms. The average molecular weight is 387 g/mol. The molecule has 9 heteroatoms. The Balaban J connectivity index is 0.00000169. The first-order chi connectivity index (χ1) is 11.2. The molecule has 0 aliphatic carbocycles. The van der Waals surface area contributed by atoms with E-state index in [-0.39, 0.29) is 23.9 Å². The van der Waals surface area contributed by atoms with Crippen molar-refractivity contribution in [3.63, 3.8) is 0 Å². The zero-order chi connectivity index (χ0) is 15.8. The molecule has 2 saturated heterocycles. The second kappa shape index (κ2) is 7.43. The summed E-state index contributed by atoms with van der Waals surface area (Å²) in [5.41, 5.74) is 0.691. The fraction of sp³-hybridized carbons (Fsp3) is 0.533. The molecule has 1 N–H and O–H groups in total. The van der Waals surface area contributed by atoms with E-state index in [4.69, 9.17) is 0 Å². The van der Waals surface area contributed by atoms with Gasteiger partial charge in [-0.05, 0) is 11.8 Å². The average Bonchev–Trinajstić information content (AvgIpc) is 3.22. The van der Waals surface area contributed by atoms with Gasteiger partial charge in [-0.2, -0.15) is 0 Å². The van der Waals surface area contributed by atoms with Gasteiger partial charge in [-0.25, -0.2) is 4.98 Å². The van der Waals surface area contributed by atoms with Crippen LogP contribution in [0.2, 0.25) is 0 Å². The molecule has 0 aromatic carbocycles. The SMILES string of the molecule is Cl.O=C(CSCc1cc(=O)n2ccsc2n1)N1C[C@H]2CNC[C@H]2C1. The zero-order valence-corrected chi connectivity index (χ0v) is 15.5. The van der Waals surface area contributed by atoms with Crippen LogP contribution in [0, 0.1) is 11.8 Å². The van der Waals surface area contributed by atoms with Crippen LogP contribution in [-0.4, -0.2) is 52.1 Å². The van der Waals surface area contributed by atoms with E-state index in [1.165, 1.54) is 23.1 Å². The fourth-order valence-electron chi connectivity index (χ4n) is 3.35. The molecule has 2 aromatic rings. The number of hydrogen-bond acceptors (Lipinski definition) is 6. The Hall–Kier alpha value is -1.09. The molecular formula is C15H19ClN4O2S2. The first-order valence-corrected chi connectivity index (χ1v) is 9.76. The van der Waals surface area contributed by atoms with Gasteiger partial charge in [0.25, 0.3) is 5.56 Å². The third-order valence-electron chi connectivity index (χ3n) is 4.57. The molecule has 4 heterocycles. The third kappa shape index (κ3) is 3.46. The predicted octanol–water partition coefficient (Wildman–Crippen LogP) is 1.09. The summed E-state index contributed by atoms with van der Waals surface area (Å²) in [6.45, 7) is 3.85. The van der Waals surface area contributed by atoms with Gasteiger partial charge in [-0.3, -0.25) is 14.0 Å². The maximum Gasteiger partial charge on any atom is 0.258 e. The van der Waals surface area contributed by atoms with Crippen molar-refractivity contribution in [1.29, 1.82) is 0 Å². The van der Waals surface area contributed by atoms with Crippen LogP contribution in [0.5, 0.6) is 0 Å². The third-order valence-corrected chi connectivity index (χ3v) is 6.28. The lowest BCUT2D eigenvalue weighted by Crippen LogP contribution is -2.33. The number of thioether (sulfide) groups is 1. The van der Waals surface area contributed by atoms with E-state index < -0.39 is 0 Å². The number of halogens is 1. The van der Waals surface area contributed by atoms with Crippen LogP contribution in [0.15, 0.2) is 22.4 Å². The molecule has 2 aromatic heterocycles. The zero-order valence-electron chi connectivity index (χ0n) is 13.0. The lowest BCUT2D eigenvalue weighted by Gasteiger charge is -2.17. The molecule has 130 valence electrons. The Morgan fingerprint density at radius 3 is 2.88 bits per heavy atom. The fourth-order valence-corrected chi connectivity index (χ4v) is 4.91. The molecule has 6 nitrogen and oxygen atoms in total. The molecule has 2 atom stereocenters. The molecule has 24 heavy (non-hydrogen) atoms. The van der Waals surface area contributed by atoms with E-state index in [2.05, 4.69) is 10.3 Å². The van der Waals surface area contributed by atoms with Crippen molar-refractivity contribution in [2.75, 3.05) is 31.9 Å². The number of thiazole rings is 1. The Labute approximate surface area is 154 Å². The molecule has 2 aliphatic rings. The number of carbonyl (C=O) groups is 1. The van der Waals surface area contributed by atoms with E-state index in [1.807, 2.05) is 10.3 Å². The molecule has 0 saturated carbocycles. The lowest BCUT2D eigenvalue weighted by molar-refractivity contribution is -0.127. The van der Waals surface area contributed by atoms with Gasteiger partial charge >= 0.3 is 0 Å². The molecule has 4 rings (SSSR count). The summed E-state index contributed by atoms with van der Waals surface area (Å²) in [5.74, 6) is 2.52. The first-order valence-electron chi connectivity index (χ1n) is 7.73. The summed E-state index contributed by atoms with van der Waals surface area (Å²) >= 11 is 2.98. The number of hydrogen-bond donors (Lipinski definition) is 1. The van der Waals surface area contributed by atoms with Crippen LogP contribution in [0.1, 0.15) is 5.69 Å². The van der Waals surface area contributed by atoms with E-state index in [9.17, 15) is 9.59 Å². The van der Waals surface area contributed by atoms with Crippen molar-refractivity contribution in [3.8, 4) is 0 Å². The lowest BCUT2D eigenvalue weighted by atomic mass is 10.0. The number of fused-ring (bicyclic) bond motifs is 2. The van der Waals surface area contributed by atoms with Crippen LogP contribution in [-0.2, 0) is 10.5 Å².